The largest absolute Gasteiger partial charge is 0.465 e. The Labute approximate surface area is 121 Å². The fraction of sp³-hybridized carbons (Fsp3) is 0.385. The Bertz CT molecular complexity index is 519. The lowest BCUT2D eigenvalue weighted by molar-refractivity contribution is -0.118. The molecule has 20 heavy (non-hydrogen) atoms. The van der Waals surface area contributed by atoms with Crippen LogP contribution in [0.15, 0.2) is 18.3 Å². The third-order valence-corrected chi connectivity index (χ3v) is 3.51. The van der Waals surface area contributed by atoms with Crippen LogP contribution in [0.25, 0.3) is 0 Å². The van der Waals surface area contributed by atoms with Gasteiger partial charge in [-0.05, 0) is 12.1 Å². The molecule has 1 heterocycles. The number of methoxy groups -OCH3 is 1. The average molecular weight is 296 g/mol. The van der Waals surface area contributed by atoms with Gasteiger partial charge >= 0.3 is 5.97 Å². The van der Waals surface area contributed by atoms with Crippen LogP contribution in [-0.2, 0) is 14.3 Å². The molecular weight excluding hydrogens is 280 g/mol. The number of amides is 1. The summed E-state index contributed by atoms with van der Waals surface area (Å²) >= 11 is 1.08. The van der Waals surface area contributed by atoms with Crippen molar-refractivity contribution in [3.05, 3.63) is 23.9 Å². The quantitative estimate of drug-likeness (QED) is 0.833. The third-order valence-electron chi connectivity index (χ3n) is 2.44. The van der Waals surface area contributed by atoms with Crippen LogP contribution in [0, 0.1) is 5.92 Å². The smallest absolute Gasteiger partial charge is 0.341 e. The number of hydrogen-bond donors (Lipinski definition) is 1. The molecule has 0 bridgehead atoms. The van der Waals surface area contributed by atoms with Crippen molar-refractivity contribution in [2.75, 3.05) is 18.2 Å². The molecule has 1 aromatic heterocycles. The van der Waals surface area contributed by atoms with Crippen LogP contribution in [-0.4, -0.2) is 34.8 Å². The van der Waals surface area contributed by atoms with Gasteiger partial charge in [0.15, 0.2) is 5.12 Å². The number of pyridine rings is 1. The van der Waals surface area contributed by atoms with E-state index in [1.807, 2.05) is 0 Å². The highest BCUT2D eigenvalue weighted by Gasteiger charge is 2.18. The van der Waals surface area contributed by atoms with E-state index in [4.69, 9.17) is 0 Å². The molecule has 0 aliphatic carbocycles. The molecule has 1 amide bonds. The summed E-state index contributed by atoms with van der Waals surface area (Å²) in [6, 6.07) is 3.10. The van der Waals surface area contributed by atoms with E-state index in [1.165, 1.54) is 26.3 Å². The van der Waals surface area contributed by atoms with Crippen LogP contribution < -0.4 is 5.32 Å². The first-order valence-electron chi connectivity index (χ1n) is 5.93. The zero-order valence-electron chi connectivity index (χ0n) is 11.5. The first-order chi connectivity index (χ1) is 9.45. The molecule has 0 aromatic carbocycles. The molecule has 0 aliphatic heterocycles. The van der Waals surface area contributed by atoms with E-state index >= 15 is 0 Å². The lowest BCUT2D eigenvalue weighted by atomic mass is 10.2. The standard InChI is InChI=1S/C13H16N2O4S/c1-8(7-20-9(2)16)12(17)15-11-10(13(18)19-3)5-4-6-14-11/h4-6,8H,7H2,1-3H3,(H,14,15,17). The molecule has 1 aromatic rings. The minimum Gasteiger partial charge on any atom is -0.465 e. The van der Waals surface area contributed by atoms with Crippen molar-refractivity contribution < 1.29 is 19.1 Å². The molecule has 0 saturated heterocycles. The second kappa shape index (κ2) is 7.64. The highest BCUT2D eigenvalue weighted by Crippen LogP contribution is 2.15. The van der Waals surface area contributed by atoms with E-state index in [9.17, 15) is 14.4 Å². The summed E-state index contributed by atoms with van der Waals surface area (Å²) in [5.74, 6) is -0.719. The predicted octanol–water partition coefficient (Wildman–Crippen LogP) is 1.72. The van der Waals surface area contributed by atoms with Crippen molar-refractivity contribution in [2.24, 2.45) is 5.92 Å². The van der Waals surface area contributed by atoms with Gasteiger partial charge in [0.2, 0.25) is 5.91 Å². The minimum absolute atomic E-state index is 0.0438. The second-order valence-electron chi connectivity index (χ2n) is 4.08. The van der Waals surface area contributed by atoms with Crippen LogP contribution >= 0.6 is 11.8 Å². The van der Waals surface area contributed by atoms with E-state index in [1.54, 1.807) is 13.0 Å². The van der Waals surface area contributed by atoms with Crippen molar-refractivity contribution in [1.82, 2.24) is 4.98 Å². The molecule has 0 radical (unpaired) electrons. The first-order valence-corrected chi connectivity index (χ1v) is 6.91. The summed E-state index contributed by atoms with van der Waals surface area (Å²) < 4.78 is 4.62. The van der Waals surface area contributed by atoms with Crippen molar-refractivity contribution in [1.29, 1.82) is 0 Å². The van der Waals surface area contributed by atoms with Gasteiger partial charge in [0, 0.05) is 24.8 Å². The Hall–Kier alpha value is -1.89. The molecule has 1 rings (SSSR count). The number of carbonyl (C=O) groups excluding carboxylic acids is 3. The highest BCUT2D eigenvalue weighted by atomic mass is 32.2. The Balaban J connectivity index is 2.75. The predicted molar refractivity (Wildman–Crippen MR) is 76.5 cm³/mol. The van der Waals surface area contributed by atoms with Crippen LogP contribution in [0.1, 0.15) is 24.2 Å². The van der Waals surface area contributed by atoms with E-state index in [0.29, 0.717) is 5.75 Å². The Morgan fingerprint density at radius 2 is 2.15 bits per heavy atom. The monoisotopic (exact) mass is 296 g/mol. The van der Waals surface area contributed by atoms with Gasteiger partial charge in [-0.25, -0.2) is 9.78 Å². The number of aromatic nitrogens is 1. The van der Waals surface area contributed by atoms with Crippen molar-refractivity contribution >= 4 is 34.6 Å². The van der Waals surface area contributed by atoms with Gasteiger partial charge in [-0.3, -0.25) is 9.59 Å². The van der Waals surface area contributed by atoms with Crippen LogP contribution in [0.5, 0.6) is 0 Å². The lowest BCUT2D eigenvalue weighted by Crippen LogP contribution is -2.24. The number of anilines is 1. The van der Waals surface area contributed by atoms with Gasteiger partial charge in [0.1, 0.15) is 11.4 Å². The van der Waals surface area contributed by atoms with Gasteiger partial charge in [-0.15, -0.1) is 0 Å². The molecule has 0 fully saturated rings. The molecular formula is C13H16N2O4S. The third kappa shape index (κ3) is 4.65. The SMILES string of the molecule is COC(=O)c1cccnc1NC(=O)C(C)CSC(C)=O. The number of ether oxygens (including phenoxy) is 1. The van der Waals surface area contributed by atoms with Crippen LogP contribution in [0.4, 0.5) is 5.82 Å². The molecule has 1 atom stereocenters. The number of rotatable bonds is 5. The Morgan fingerprint density at radius 1 is 1.45 bits per heavy atom. The number of hydrogen-bond acceptors (Lipinski definition) is 6. The number of nitrogens with one attached hydrogen (secondary N) is 1. The molecule has 1 unspecified atom stereocenters. The van der Waals surface area contributed by atoms with Crippen LogP contribution in [0.3, 0.4) is 0 Å². The fourth-order valence-corrected chi connectivity index (χ4v) is 1.97. The number of nitrogens with zero attached hydrogens (tertiary/aromatic N) is 1. The lowest BCUT2D eigenvalue weighted by Gasteiger charge is -2.12. The van der Waals surface area contributed by atoms with Crippen molar-refractivity contribution in [3.63, 3.8) is 0 Å². The highest BCUT2D eigenvalue weighted by molar-refractivity contribution is 8.13. The number of carbonyl (C=O) groups is 3. The van der Waals surface area contributed by atoms with Crippen LogP contribution in [0.2, 0.25) is 0 Å². The second-order valence-corrected chi connectivity index (χ2v) is 5.28. The summed E-state index contributed by atoms with van der Waals surface area (Å²) in [4.78, 5) is 38.3. The normalized spacial score (nSPS) is 11.6. The van der Waals surface area contributed by atoms with Gasteiger partial charge in [-0.1, -0.05) is 18.7 Å². The zero-order chi connectivity index (χ0) is 15.1. The Kier molecular flexibility index (Phi) is 6.17. The maximum Gasteiger partial charge on any atom is 0.341 e. The fourth-order valence-electron chi connectivity index (χ4n) is 1.34. The number of esters is 1. The van der Waals surface area contributed by atoms with Crippen molar-refractivity contribution in [2.45, 2.75) is 13.8 Å². The molecule has 0 saturated carbocycles. The number of thioether (sulfide) groups is 1. The summed E-state index contributed by atoms with van der Waals surface area (Å²) in [6.07, 6.45) is 1.47. The molecule has 0 spiro atoms. The molecule has 6 nitrogen and oxygen atoms in total. The molecule has 1 N–H and O–H groups in total. The summed E-state index contributed by atoms with van der Waals surface area (Å²) in [5.41, 5.74) is 0.190. The minimum atomic E-state index is -0.570. The van der Waals surface area contributed by atoms with Gasteiger partial charge in [0.25, 0.3) is 0 Å². The van der Waals surface area contributed by atoms with Gasteiger partial charge in [0.05, 0.1) is 7.11 Å². The maximum atomic E-state index is 12.0. The topological polar surface area (TPSA) is 85.4 Å². The van der Waals surface area contributed by atoms with E-state index in [-0.39, 0.29) is 28.3 Å². The Morgan fingerprint density at radius 3 is 2.75 bits per heavy atom. The van der Waals surface area contributed by atoms with Crippen molar-refractivity contribution in [3.8, 4) is 0 Å². The molecule has 108 valence electrons. The van der Waals surface area contributed by atoms with Gasteiger partial charge < -0.3 is 10.1 Å². The summed E-state index contributed by atoms with van der Waals surface area (Å²) in [6.45, 7) is 3.15. The molecule has 0 aliphatic rings. The average Bonchev–Trinajstić information content (AvgIpc) is 2.44. The van der Waals surface area contributed by atoms with E-state index in [0.717, 1.165) is 11.8 Å². The van der Waals surface area contributed by atoms with E-state index in [2.05, 4.69) is 15.0 Å². The van der Waals surface area contributed by atoms with E-state index < -0.39 is 5.97 Å². The first kappa shape index (κ1) is 16.2. The zero-order valence-corrected chi connectivity index (χ0v) is 12.3. The summed E-state index contributed by atoms with van der Waals surface area (Å²) in [7, 11) is 1.26. The maximum absolute atomic E-state index is 12.0. The summed E-state index contributed by atoms with van der Waals surface area (Å²) in [5, 5.41) is 2.53. The van der Waals surface area contributed by atoms with Gasteiger partial charge in [-0.2, -0.15) is 0 Å². The molecule has 7 heteroatoms.